The molecule has 0 radical (unpaired) electrons. The summed E-state index contributed by atoms with van der Waals surface area (Å²) in [4.78, 5) is 12.9. The molecule has 1 N–H and O–H groups in total. The van der Waals surface area contributed by atoms with E-state index in [1.54, 1.807) is 11.3 Å². The van der Waals surface area contributed by atoms with Gasteiger partial charge in [0.25, 0.3) is 0 Å². The maximum atomic E-state index is 11.6. The van der Waals surface area contributed by atoms with Gasteiger partial charge in [-0.1, -0.05) is 0 Å². The number of thiophene rings is 1. The highest BCUT2D eigenvalue weighted by Crippen LogP contribution is 2.17. The van der Waals surface area contributed by atoms with Crippen molar-refractivity contribution in [3.63, 3.8) is 0 Å². The minimum Gasteiger partial charge on any atom is -0.378 e. The minimum absolute atomic E-state index is 0.133. The number of hydrogen-bond donors (Lipinski definition) is 1. The molecule has 1 fully saturated rings. The predicted molar refractivity (Wildman–Crippen MR) is 69.1 cm³/mol. The van der Waals surface area contributed by atoms with Gasteiger partial charge in [-0.25, -0.2) is 0 Å². The Balaban J connectivity index is 1.65. The van der Waals surface area contributed by atoms with Crippen LogP contribution in [0.15, 0.2) is 11.4 Å². The van der Waals surface area contributed by atoms with E-state index in [-0.39, 0.29) is 5.91 Å². The Labute approximate surface area is 106 Å². The van der Waals surface area contributed by atoms with E-state index < -0.39 is 0 Å². The lowest BCUT2D eigenvalue weighted by molar-refractivity contribution is -0.121. The molecule has 1 amide bonds. The first-order valence-electron chi connectivity index (χ1n) is 6.17. The molecule has 0 aliphatic carbocycles. The monoisotopic (exact) mass is 253 g/mol. The Morgan fingerprint density at radius 1 is 1.65 bits per heavy atom. The van der Waals surface area contributed by atoms with E-state index in [9.17, 15) is 4.79 Å². The van der Waals surface area contributed by atoms with Crippen LogP contribution < -0.4 is 5.32 Å². The molecular weight excluding hydrogens is 234 g/mol. The van der Waals surface area contributed by atoms with Crippen LogP contribution in [-0.2, 0) is 16.1 Å². The van der Waals surface area contributed by atoms with Gasteiger partial charge in [0.1, 0.15) is 0 Å². The third kappa shape index (κ3) is 3.82. The van der Waals surface area contributed by atoms with Crippen LogP contribution >= 0.6 is 11.3 Å². The number of aryl methyl sites for hydroxylation is 1. The molecule has 0 aromatic carbocycles. The normalized spacial score (nSPS) is 19.5. The van der Waals surface area contributed by atoms with Gasteiger partial charge in [0.15, 0.2) is 0 Å². The van der Waals surface area contributed by atoms with Gasteiger partial charge < -0.3 is 10.1 Å². The molecule has 0 unspecified atom stereocenters. The number of rotatable bonds is 5. The number of carbonyl (C=O) groups is 1. The Bertz CT molecular complexity index is 369. The molecule has 0 saturated carbocycles. The third-order valence-corrected chi connectivity index (χ3v) is 4.15. The van der Waals surface area contributed by atoms with Crippen molar-refractivity contribution in [1.29, 1.82) is 0 Å². The fraction of sp³-hybridized carbons (Fsp3) is 0.615. The summed E-state index contributed by atoms with van der Waals surface area (Å²) in [6.45, 7) is 3.60. The van der Waals surface area contributed by atoms with Crippen LogP contribution in [0.1, 0.15) is 36.1 Å². The maximum Gasteiger partial charge on any atom is 0.220 e. The third-order valence-electron chi connectivity index (χ3n) is 3.13. The van der Waals surface area contributed by atoms with Gasteiger partial charge >= 0.3 is 0 Å². The van der Waals surface area contributed by atoms with Crippen LogP contribution in [-0.4, -0.2) is 18.6 Å². The molecule has 1 aromatic heterocycles. The Kier molecular flexibility index (Phi) is 4.57. The quantitative estimate of drug-likeness (QED) is 0.876. The van der Waals surface area contributed by atoms with Gasteiger partial charge in [0.05, 0.1) is 12.6 Å². The highest BCUT2D eigenvalue weighted by molar-refractivity contribution is 7.10. The van der Waals surface area contributed by atoms with Gasteiger partial charge in [0, 0.05) is 17.9 Å². The molecule has 0 bridgehead atoms. The summed E-state index contributed by atoms with van der Waals surface area (Å²) < 4.78 is 5.49. The smallest absolute Gasteiger partial charge is 0.220 e. The first kappa shape index (κ1) is 12.6. The van der Waals surface area contributed by atoms with Gasteiger partial charge in [0.2, 0.25) is 5.91 Å². The Morgan fingerprint density at radius 2 is 2.53 bits per heavy atom. The van der Waals surface area contributed by atoms with Crippen LogP contribution in [0.2, 0.25) is 0 Å². The van der Waals surface area contributed by atoms with Gasteiger partial charge in [-0.05, 0) is 43.2 Å². The summed E-state index contributed by atoms with van der Waals surface area (Å²) in [5.74, 6) is 0.133. The molecule has 1 aromatic rings. The number of ether oxygens (including phenoxy) is 1. The van der Waals surface area contributed by atoms with Crippen molar-refractivity contribution in [3.8, 4) is 0 Å². The van der Waals surface area contributed by atoms with E-state index in [0.717, 1.165) is 25.9 Å². The zero-order valence-corrected chi connectivity index (χ0v) is 11.0. The average Bonchev–Trinajstić information content (AvgIpc) is 2.95. The van der Waals surface area contributed by atoms with Crippen LogP contribution in [0.5, 0.6) is 0 Å². The van der Waals surface area contributed by atoms with Crippen molar-refractivity contribution >= 4 is 17.2 Å². The van der Waals surface area contributed by atoms with Crippen LogP contribution in [0.4, 0.5) is 0 Å². The van der Waals surface area contributed by atoms with Crippen LogP contribution in [0.25, 0.3) is 0 Å². The lowest BCUT2D eigenvalue weighted by Gasteiger charge is -2.09. The van der Waals surface area contributed by atoms with Gasteiger partial charge in [-0.2, -0.15) is 0 Å². The largest absolute Gasteiger partial charge is 0.378 e. The molecule has 94 valence electrons. The number of amides is 1. The average molecular weight is 253 g/mol. The topological polar surface area (TPSA) is 38.3 Å². The Hall–Kier alpha value is -0.870. The molecule has 1 saturated heterocycles. The molecule has 17 heavy (non-hydrogen) atoms. The standard InChI is InChI=1S/C13H19NO2S/c1-10-6-8-17-12(10)9-14-13(15)5-4-11-3-2-7-16-11/h6,8,11H,2-5,7,9H2,1H3,(H,14,15)/t11-/m0/s1. The lowest BCUT2D eigenvalue weighted by atomic mass is 10.1. The number of nitrogens with one attached hydrogen (secondary N) is 1. The summed E-state index contributed by atoms with van der Waals surface area (Å²) >= 11 is 1.70. The van der Waals surface area contributed by atoms with Crippen molar-refractivity contribution < 1.29 is 9.53 Å². The van der Waals surface area contributed by atoms with Crippen molar-refractivity contribution in [2.24, 2.45) is 0 Å². The maximum absolute atomic E-state index is 11.6. The fourth-order valence-corrected chi connectivity index (χ4v) is 2.86. The molecule has 2 rings (SSSR count). The fourth-order valence-electron chi connectivity index (χ4n) is 2.02. The molecular formula is C13H19NO2S. The zero-order chi connectivity index (χ0) is 12.1. The van der Waals surface area contributed by atoms with E-state index in [1.807, 2.05) is 0 Å². The summed E-state index contributed by atoms with van der Waals surface area (Å²) in [6.07, 6.45) is 3.99. The van der Waals surface area contributed by atoms with E-state index in [2.05, 4.69) is 23.7 Å². The molecule has 1 aliphatic heterocycles. The lowest BCUT2D eigenvalue weighted by Crippen LogP contribution is -2.23. The van der Waals surface area contributed by atoms with Crippen molar-refractivity contribution in [1.82, 2.24) is 5.32 Å². The predicted octanol–water partition coefficient (Wildman–Crippen LogP) is 2.63. The molecule has 4 heteroatoms. The van der Waals surface area contributed by atoms with Crippen molar-refractivity contribution in [3.05, 3.63) is 21.9 Å². The molecule has 2 heterocycles. The second-order valence-corrected chi connectivity index (χ2v) is 5.48. The first-order chi connectivity index (χ1) is 8.25. The van der Waals surface area contributed by atoms with Crippen LogP contribution in [0.3, 0.4) is 0 Å². The summed E-state index contributed by atoms with van der Waals surface area (Å²) in [6, 6.07) is 2.08. The van der Waals surface area contributed by atoms with Crippen molar-refractivity contribution in [2.45, 2.75) is 45.3 Å². The highest BCUT2D eigenvalue weighted by atomic mass is 32.1. The Morgan fingerprint density at radius 3 is 3.18 bits per heavy atom. The van der Waals surface area contributed by atoms with Gasteiger partial charge in [-0.3, -0.25) is 4.79 Å². The minimum atomic E-state index is 0.133. The summed E-state index contributed by atoms with van der Waals surface area (Å²) in [7, 11) is 0. The van der Waals surface area contributed by atoms with E-state index >= 15 is 0 Å². The molecule has 1 aliphatic rings. The van der Waals surface area contributed by atoms with Crippen molar-refractivity contribution in [2.75, 3.05) is 6.61 Å². The van der Waals surface area contributed by atoms with E-state index in [4.69, 9.17) is 4.74 Å². The zero-order valence-electron chi connectivity index (χ0n) is 10.2. The number of carbonyl (C=O) groups excluding carboxylic acids is 1. The van der Waals surface area contributed by atoms with Gasteiger partial charge in [-0.15, -0.1) is 11.3 Å². The van der Waals surface area contributed by atoms with E-state index in [0.29, 0.717) is 19.1 Å². The molecule has 1 atom stereocenters. The SMILES string of the molecule is Cc1ccsc1CNC(=O)CC[C@@H]1CCCO1. The second kappa shape index (κ2) is 6.17. The molecule has 3 nitrogen and oxygen atoms in total. The summed E-state index contributed by atoms with van der Waals surface area (Å²) in [5, 5.41) is 5.02. The van der Waals surface area contributed by atoms with Crippen LogP contribution in [0, 0.1) is 6.92 Å². The van der Waals surface area contributed by atoms with E-state index in [1.165, 1.54) is 10.4 Å². The summed E-state index contributed by atoms with van der Waals surface area (Å²) in [5.41, 5.74) is 1.26. The molecule has 0 spiro atoms. The first-order valence-corrected chi connectivity index (χ1v) is 7.05. The second-order valence-electron chi connectivity index (χ2n) is 4.48. The number of hydrogen-bond acceptors (Lipinski definition) is 3. The highest BCUT2D eigenvalue weighted by Gasteiger charge is 2.16.